The molecule has 0 bridgehead atoms. The van der Waals surface area contributed by atoms with Crippen LogP contribution in [0.15, 0.2) is 29.9 Å². The molecule has 0 aromatic carbocycles. The van der Waals surface area contributed by atoms with Crippen molar-refractivity contribution in [3.63, 3.8) is 0 Å². The third kappa shape index (κ3) is 2.38. The first-order valence-corrected chi connectivity index (χ1v) is 5.18. The lowest BCUT2D eigenvalue weighted by Gasteiger charge is -2.00. The van der Waals surface area contributed by atoms with Gasteiger partial charge in [0.05, 0.1) is 0 Å². The van der Waals surface area contributed by atoms with E-state index < -0.39 is 5.97 Å². The van der Waals surface area contributed by atoms with Crippen LogP contribution >= 0.6 is 11.3 Å². The predicted molar refractivity (Wildman–Crippen MR) is 56.0 cm³/mol. The van der Waals surface area contributed by atoms with E-state index in [0.29, 0.717) is 10.9 Å². The average molecular weight is 220 g/mol. The molecule has 5 heteroatoms. The molecular weight excluding hydrogens is 212 g/mol. The first kappa shape index (κ1) is 9.79. The van der Waals surface area contributed by atoms with Crippen LogP contribution in [0.1, 0.15) is 15.4 Å². The minimum atomic E-state index is -0.469. The van der Waals surface area contributed by atoms with Gasteiger partial charge in [0.25, 0.3) is 0 Å². The van der Waals surface area contributed by atoms with E-state index in [1.807, 2.05) is 13.0 Å². The van der Waals surface area contributed by atoms with E-state index in [9.17, 15) is 4.79 Å². The van der Waals surface area contributed by atoms with E-state index in [-0.39, 0.29) is 0 Å². The molecule has 0 aliphatic carbocycles. The number of aromatic nitrogens is 2. The molecule has 0 atom stereocenters. The highest BCUT2D eigenvalue weighted by atomic mass is 32.1. The highest BCUT2D eigenvalue weighted by Gasteiger charge is 2.11. The molecule has 2 aromatic rings. The lowest BCUT2D eigenvalue weighted by molar-refractivity contribution is 0.0727. The maximum Gasteiger partial charge on any atom is 0.374 e. The maximum atomic E-state index is 11.5. The van der Waals surface area contributed by atoms with Gasteiger partial charge in [-0.25, -0.2) is 14.8 Å². The number of hydrogen-bond donors (Lipinski definition) is 0. The van der Waals surface area contributed by atoms with Gasteiger partial charge in [0, 0.05) is 23.8 Å². The van der Waals surface area contributed by atoms with Gasteiger partial charge in [0.1, 0.15) is 0 Å². The number of nitrogens with zero attached hydrogens (tertiary/aromatic N) is 2. The molecule has 2 heterocycles. The molecule has 0 N–H and O–H groups in total. The Morgan fingerprint density at radius 3 is 2.93 bits per heavy atom. The fourth-order valence-electron chi connectivity index (χ4n) is 1.03. The zero-order valence-corrected chi connectivity index (χ0v) is 8.82. The van der Waals surface area contributed by atoms with Gasteiger partial charge in [-0.1, -0.05) is 0 Å². The van der Waals surface area contributed by atoms with Crippen molar-refractivity contribution in [1.29, 1.82) is 0 Å². The summed E-state index contributed by atoms with van der Waals surface area (Å²) >= 11 is 1.24. The lowest BCUT2D eigenvalue weighted by Crippen LogP contribution is -2.08. The monoisotopic (exact) mass is 220 g/mol. The van der Waals surface area contributed by atoms with Gasteiger partial charge in [0.15, 0.2) is 0 Å². The molecule has 0 spiro atoms. The Morgan fingerprint density at radius 2 is 2.27 bits per heavy atom. The summed E-state index contributed by atoms with van der Waals surface area (Å²) in [4.78, 5) is 19.2. The van der Waals surface area contributed by atoms with Crippen molar-refractivity contribution in [2.24, 2.45) is 0 Å². The molecule has 2 rings (SSSR count). The van der Waals surface area contributed by atoms with Gasteiger partial charge < -0.3 is 4.74 Å². The summed E-state index contributed by atoms with van der Waals surface area (Å²) in [5, 5.41) is 2.05. The largest absolute Gasteiger partial charge is 0.402 e. The van der Waals surface area contributed by atoms with Crippen LogP contribution < -0.4 is 4.74 Å². The molecule has 0 radical (unpaired) electrons. The summed E-state index contributed by atoms with van der Waals surface area (Å²) in [6.45, 7) is 1.91. The second kappa shape index (κ2) is 4.18. The number of carbonyl (C=O) groups is 1. The first-order valence-electron chi connectivity index (χ1n) is 4.30. The predicted octanol–water partition coefficient (Wildman–Crippen LogP) is 2.07. The van der Waals surface area contributed by atoms with Crippen LogP contribution in [0.3, 0.4) is 0 Å². The summed E-state index contributed by atoms with van der Waals surface area (Å²) in [7, 11) is 0. The van der Waals surface area contributed by atoms with Gasteiger partial charge >= 0.3 is 5.97 Å². The number of pyridine rings is 1. The maximum absolute atomic E-state index is 11.5. The summed E-state index contributed by atoms with van der Waals surface area (Å²) in [6, 6.07) is 3.53. The smallest absolute Gasteiger partial charge is 0.374 e. The van der Waals surface area contributed by atoms with Crippen LogP contribution in [0, 0.1) is 6.92 Å². The van der Waals surface area contributed by atoms with Crippen LogP contribution in [-0.4, -0.2) is 15.9 Å². The Labute approximate surface area is 90.6 Å². The Balaban J connectivity index is 2.13. The van der Waals surface area contributed by atoms with Gasteiger partial charge in [-0.05, 0) is 18.6 Å². The van der Waals surface area contributed by atoms with Crippen molar-refractivity contribution in [3.05, 3.63) is 40.5 Å². The zero-order chi connectivity index (χ0) is 10.7. The summed E-state index contributed by atoms with van der Waals surface area (Å²) in [6.07, 6.45) is 3.16. The van der Waals surface area contributed by atoms with Crippen LogP contribution in [-0.2, 0) is 0 Å². The average Bonchev–Trinajstić information content (AvgIpc) is 2.70. The van der Waals surface area contributed by atoms with Gasteiger partial charge in [-0.15, -0.1) is 11.3 Å². The van der Waals surface area contributed by atoms with E-state index in [1.165, 1.54) is 11.3 Å². The standard InChI is InChI=1S/C10H8N2O2S/c1-7-2-3-11-8(6-7)14-10(13)9-12-4-5-15-9/h2-6H,1H3. The van der Waals surface area contributed by atoms with E-state index in [0.717, 1.165) is 5.56 Å². The van der Waals surface area contributed by atoms with Crippen LogP contribution in [0.25, 0.3) is 0 Å². The Hall–Kier alpha value is -1.75. The minimum Gasteiger partial charge on any atom is -0.402 e. The summed E-state index contributed by atoms with van der Waals surface area (Å²) < 4.78 is 5.04. The topological polar surface area (TPSA) is 52.1 Å². The molecule has 2 aromatic heterocycles. The number of aryl methyl sites for hydroxylation is 1. The highest BCUT2D eigenvalue weighted by Crippen LogP contribution is 2.12. The second-order valence-corrected chi connectivity index (χ2v) is 3.79. The molecule has 0 saturated carbocycles. The molecule has 0 saturated heterocycles. The molecule has 0 aliphatic heterocycles. The Bertz CT molecular complexity index is 468. The number of hydrogen-bond acceptors (Lipinski definition) is 5. The summed E-state index contributed by atoms with van der Waals surface area (Å²) in [5.41, 5.74) is 0.993. The van der Waals surface area contributed by atoms with Gasteiger partial charge in [0.2, 0.25) is 10.9 Å². The third-order valence-corrected chi connectivity index (χ3v) is 2.45. The second-order valence-electron chi connectivity index (χ2n) is 2.90. The lowest BCUT2D eigenvalue weighted by atomic mass is 10.3. The normalized spacial score (nSPS) is 9.93. The SMILES string of the molecule is Cc1ccnc(OC(=O)c2nccs2)c1. The van der Waals surface area contributed by atoms with Gasteiger partial charge in [-0.3, -0.25) is 0 Å². The molecule has 0 amide bonds. The van der Waals surface area contributed by atoms with Gasteiger partial charge in [-0.2, -0.15) is 0 Å². The van der Waals surface area contributed by atoms with E-state index in [1.54, 1.807) is 23.8 Å². The molecule has 76 valence electrons. The fourth-order valence-corrected chi connectivity index (χ4v) is 1.54. The fraction of sp³-hybridized carbons (Fsp3) is 0.100. The first-order chi connectivity index (χ1) is 7.25. The minimum absolute atomic E-state index is 0.301. The Kier molecular flexibility index (Phi) is 2.73. The molecule has 4 nitrogen and oxygen atoms in total. The van der Waals surface area contributed by atoms with Crippen LogP contribution in [0.5, 0.6) is 5.88 Å². The van der Waals surface area contributed by atoms with E-state index in [2.05, 4.69) is 9.97 Å². The number of thiazole rings is 1. The number of esters is 1. The number of rotatable bonds is 2. The molecule has 15 heavy (non-hydrogen) atoms. The van der Waals surface area contributed by atoms with Crippen molar-refractivity contribution in [1.82, 2.24) is 9.97 Å². The van der Waals surface area contributed by atoms with Crippen molar-refractivity contribution in [2.45, 2.75) is 6.92 Å². The summed E-state index contributed by atoms with van der Waals surface area (Å²) in [5.74, 6) is -0.168. The van der Waals surface area contributed by atoms with Crippen LogP contribution in [0.4, 0.5) is 0 Å². The molecule has 0 fully saturated rings. The highest BCUT2D eigenvalue weighted by molar-refractivity contribution is 7.11. The zero-order valence-electron chi connectivity index (χ0n) is 8.01. The van der Waals surface area contributed by atoms with Crippen LogP contribution in [0.2, 0.25) is 0 Å². The number of carbonyl (C=O) groups excluding carboxylic acids is 1. The molecular formula is C10H8N2O2S. The van der Waals surface area contributed by atoms with Crippen molar-refractivity contribution in [2.75, 3.05) is 0 Å². The third-order valence-electron chi connectivity index (χ3n) is 1.69. The molecule has 0 aliphatic rings. The molecule has 0 unspecified atom stereocenters. The van der Waals surface area contributed by atoms with E-state index in [4.69, 9.17) is 4.74 Å². The van der Waals surface area contributed by atoms with Crippen molar-refractivity contribution in [3.8, 4) is 5.88 Å². The quantitative estimate of drug-likeness (QED) is 0.727. The Morgan fingerprint density at radius 1 is 1.40 bits per heavy atom. The number of ether oxygens (including phenoxy) is 1. The van der Waals surface area contributed by atoms with Crippen molar-refractivity contribution < 1.29 is 9.53 Å². The van der Waals surface area contributed by atoms with E-state index >= 15 is 0 Å². The van der Waals surface area contributed by atoms with Crippen molar-refractivity contribution >= 4 is 17.3 Å².